The van der Waals surface area contributed by atoms with E-state index >= 15 is 0 Å². The SMILES string of the molecule is Cc1cn(C)c([C@H]2CCN(C(=O)c3cccc(-n4cnnc4)c3)C2)n1. The van der Waals surface area contributed by atoms with Crippen LogP contribution in [0.15, 0.2) is 43.1 Å². The van der Waals surface area contributed by atoms with Crippen LogP contribution in [0.5, 0.6) is 0 Å². The first-order chi connectivity index (χ1) is 12.1. The molecule has 0 bridgehead atoms. The third kappa shape index (κ3) is 2.93. The highest BCUT2D eigenvalue weighted by Crippen LogP contribution is 2.27. The molecule has 1 aliphatic rings. The minimum Gasteiger partial charge on any atom is -0.338 e. The van der Waals surface area contributed by atoms with Gasteiger partial charge in [0, 0.05) is 43.5 Å². The molecule has 128 valence electrons. The zero-order valence-corrected chi connectivity index (χ0v) is 14.3. The van der Waals surface area contributed by atoms with E-state index < -0.39 is 0 Å². The molecule has 1 fully saturated rings. The van der Waals surface area contributed by atoms with Crippen LogP contribution in [-0.2, 0) is 7.05 Å². The summed E-state index contributed by atoms with van der Waals surface area (Å²) in [6.07, 6.45) is 6.22. The van der Waals surface area contributed by atoms with Crippen LogP contribution in [0, 0.1) is 6.92 Å². The molecule has 3 aromatic rings. The summed E-state index contributed by atoms with van der Waals surface area (Å²) in [4.78, 5) is 19.4. The van der Waals surface area contributed by atoms with Gasteiger partial charge >= 0.3 is 0 Å². The molecule has 1 amide bonds. The van der Waals surface area contributed by atoms with Crippen molar-refractivity contribution in [3.05, 3.63) is 60.2 Å². The van der Waals surface area contributed by atoms with E-state index in [0.29, 0.717) is 18.0 Å². The molecular formula is C18H20N6O. The first kappa shape index (κ1) is 15.6. The Hall–Kier alpha value is -2.96. The maximum absolute atomic E-state index is 12.9. The van der Waals surface area contributed by atoms with Gasteiger partial charge in [-0.15, -0.1) is 10.2 Å². The largest absolute Gasteiger partial charge is 0.338 e. The highest BCUT2D eigenvalue weighted by atomic mass is 16.2. The van der Waals surface area contributed by atoms with Crippen molar-refractivity contribution in [1.82, 2.24) is 29.2 Å². The predicted octanol–water partition coefficient (Wildman–Crippen LogP) is 1.94. The minimum atomic E-state index is 0.0587. The molecule has 0 saturated carbocycles. The van der Waals surface area contributed by atoms with Crippen LogP contribution in [0.4, 0.5) is 0 Å². The number of nitrogens with zero attached hydrogens (tertiary/aromatic N) is 6. The molecule has 1 aromatic carbocycles. The molecule has 0 radical (unpaired) electrons. The van der Waals surface area contributed by atoms with E-state index in [1.54, 1.807) is 17.2 Å². The van der Waals surface area contributed by atoms with Crippen molar-refractivity contribution in [3.63, 3.8) is 0 Å². The molecule has 0 aliphatic carbocycles. The Morgan fingerprint density at radius 2 is 2.04 bits per heavy atom. The number of carbonyl (C=O) groups is 1. The minimum absolute atomic E-state index is 0.0587. The van der Waals surface area contributed by atoms with Gasteiger partial charge in [-0.3, -0.25) is 9.36 Å². The molecule has 1 atom stereocenters. The second-order valence-electron chi connectivity index (χ2n) is 6.51. The van der Waals surface area contributed by atoms with E-state index in [4.69, 9.17) is 0 Å². The summed E-state index contributed by atoms with van der Waals surface area (Å²) in [5.74, 6) is 1.41. The average molecular weight is 336 g/mol. The van der Waals surface area contributed by atoms with Gasteiger partial charge in [0.05, 0.1) is 5.69 Å². The number of carbonyl (C=O) groups excluding carboxylic acids is 1. The number of hydrogen-bond donors (Lipinski definition) is 0. The topological polar surface area (TPSA) is 68.8 Å². The lowest BCUT2D eigenvalue weighted by Gasteiger charge is -2.17. The zero-order chi connectivity index (χ0) is 17.4. The highest BCUT2D eigenvalue weighted by Gasteiger charge is 2.30. The Kier molecular flexibility index (Phi) is 3.83. The molecule has 0 spiro atoms. The smallest absolute Gasteiger partial charge is 0.253 e. The molecule has 0 N–H and O–H groups in total. The molecular weight excluding hydrogens is 316 g/mol. The number of imidazole rings is 1. The van der Waals surface area contributed by atoms with Gasteiger partial charge in [0.2, 0.25) is 0 Å². The lowest BCUT2D eigenvalue weighted by molar-refractivity contribution is 0.0790. The van der Waals surface area contributed by atoms with Crippen LogP contribution in [0.1, 0.15) is 34.2 Å². The quantitative estimate of drug-likeness (QED) is 0.733. The summed E-state index contributed by atoms with van der Waals surface area (Å²) in [5, 5.41) is 7.63. The lowest BCUT2D eigenvalue weighted by Crippen LogP contribution is -2.28. The van der Waals surface area contributed by atoms with E-state index in [1.165, 1.54) is 0 Å². The van der Waals surface area contributed by atoms with Crippen LogP contribution in [-0.4, -0.2) is 48.2 Å². The fraction of sp³-hybridized carbons (Fsp3) is 0.333. The number of likely N-dealkylation sites (tertiary alicyclic amines) is 1. The molecule has 7 nitrogen and oxygen atoms in total. The summed E-state index contributed by atoms with van der Waals surface area (Å²) >= 11 is 0. The molecule has 2 aromatic heterocycles. The van der Waals surface area contributed by atoms with Crippen LogP contribution < -0.4 is 0 Å². The van der Waals surface area contributed by atoms with Gasteiger partial charge < -0.3 is 9.47 Å². The Bertz CT molecular complexity index is 898. The summed E-state index contributed by atoms with van der Waals surface area (Å²) < 4.78 is 3.86. The second kappa shape index (κ2) is 6.16. The maximum Gasteiger partial charge on any atom is 0.253 e. The number of hydrogen-bond acceptors (Lipinski definition) is 4. The number of rotatable bonds is 3. The summed E-state index contributed by atoms with van der Waals surface area (Å²) in [6, 6.07) is 7.56. The molecule has 3 heterocycles. The van der Waals surface area contributed by atoms with Gasteiger partial charge in [0.15, 0.2) is 0 Å². The van der Waals surface area contributed by atoms with Crippen molar-refractivity contribution in [3.8, 4) is 5.69 Å². The van der Waals surface area contributed by atoms with E-state index in [-0.39, 0.29) is 5.91 Å². The van der Waals surface area contributed by atoms with Crippen molar-refractivity contribution in [2.45, 2.75) is 19.3 Å². The lowest BCUT2D eigenvalue weighted by atomic mass is 10.1. The summed E-state index contributed by atoms with van der Waals surface area (Å²) in [6.45, 7) is 3.46. The molecule has 7 heteroatoms. The van der Waals surface area contributed by atoms with E-state index in [1.807, 2.05) is 49.3 Å². The number of amides is 1. The normalized spacial score (nSPS) is 17.2. The van der Waals surface area contributed by atoms with Gasteiger partial charge in [-0.2, -0.15) is 0 Å². The fourth-order valence-corrected chi connectivity index (χ4v) is 3.49. The van der Waals surface area contributed by atoms with Gasteiger partial charge in [0.1, 0.15) is 18.5 Å². The summed E-state index contributed by atoms with van der Waals surface area (Å²) in [5.41, 5.74) is 2.58. The first-order valence-corrected chi connectivity index (χ1v) is 8.36. The van der Waals surface area contributed by atoms with Crippen molar-refractivity contribution >= 4 is 5.91 Å². The Morgan fingerprint density at radius 3 is 2.76 bits per heavy atom. The van der Waals surface area contributed by atoms with Crippen LogP contribution in [0.2, 0.25) is 0 Å². The van der Waals surface area contributed by atoms with Crippen molar-refractivity contribution in [2.24, 2.45) is 7.05 Å². The van der Waals surface area contributed by atoms with Crippen LogP contribution in [0.3, 0.4) is 0 Å². The summed E-state index contributed by atoms with van der Waals surface area (Å²) in [7, 11) is 2.02. The molecule has 4 rings (SSSR count). The van der Waals surface area contributed by atoms with Crippen molar-refractivity contribution in [1.29, 1.82) is 0 Å². The Morgan fingerprint density at radius 1 is 1.24 bits per heavy atom. The molecule has 0 unspecified atom stereocenters. The zero-order valence-electron chi connectivity index (χ0n) is 14.3. The monoisotopic (exact) mass is 336 g/mol. The van der Waals surface area contributed by atoms with E-state index in [2.05, 4.69) is 19.7 Å². The van der Waals surface area contributed by atoms with Gasteiger partial charge in [-0.1, -0.05) is 6.07 Å². The van der Waals surface area contributed by atoms with Crippen molar-refractivity contribution in [2.75, 3.05) is 13.1 Å². The Balaban J connectivity index is 1.52. The molecule has 25 heavy (non-hydrogen) atoms. The third-order valence-corrected chi connectivity index (χ3v) is 4.68. The molecule has 1 saturated heterocycles. The fourth-order valence-electron chi connectivity index (χ4n) is 3.49. The number of benzene rings is 1. The standard InChI is InChI=1S/C18H20N6O/c1-13-9-22(2)17(21-13)15-6-7-23(10-15)18(25)14-4-3-5-16(8-14)24-11-19-20-12-24/h3-5,8-9,11-12,15H,6-7,10H2,1-2H3/t15-/m0/s1. The van der Waals surface area contributed by atoms with Crippen LogP contribution >= 0.6 is 0 Å². The number of aromatic nitrogens is 5. The maximum atomic E-state index is 12.9. The van der Waals surface area contributed by atoms with Gasteiger partial charge in [0.25, 0.3) is 5.91 Å². The van der Waals surface area contributed by atoms with Crippen LogP contribution in [0.25, 0.3) is 5.69 Å². The average Bonchev–Trinajstić information content (AvgIpc) is 3.35. The highest BCUT2D eigenvalue weighted by molar-refractivity contribution is 5.95. The van der Waals surface area contributed by atoms with Gasteiger partial charge in [-0.25, -0.2) is 4.98 Å². The first-order valence-electron chi connectivity index (χ1n) is 8.36. The molecule has 1 aliphatic heterocycles. The van der Waals surface area contributed by atoms with E-state index in [9.17, 15) is 4.79 Å². The second-order valence-corrected chi connectivity index (χ2v) is 6.51. The van der Waals surface area contributed by atoms with E-state index in [0.717, 1.165) is 30.2 Å². The predicted molar refractivity (Wildman–Crippen MR) is 92.6 cm³/mol. The van der Waals surface area contributed by atoms with Gasteiger partial charge in [-0.05, 0) is 31.5 Å². The number of aryl methyl sites for hydroxylation is 2. The Labute approximate surface area is 145 Å². The third-order valence-electron chi connectivity index (χ3n) is 4.68. The van der Waals surface area contributed by atoms with Crippen molar-refractivity contribution < 1.29 is 4.79 Å².